The minimum absolute atomic E-state index is 0.903. The molecule has 1 aromatic rings. The van der Waals surface area contributed by atoms with Gasteiger partial charge < -0.3 is 5.43 Å². The third-order valence-corrected chi connectivity index (χ3v) is 1.40. The number of nitrogens with one attached hydrogen (secondary N) is 1. The Morgan fingerprint density at radius 3 is 2.90 bits per heavy atom. The van der Waals surface area contributed by atoms with Crippen molar-refractivity contribution in [3.05, 3.63) is 11.9 Å². The second-order valence-corrected chi connectivity index (χ2v) is 2.16. The first-order valence-corrected chi connectivity index (χ1v) is 3.27. The minimum Gasteiger partial charge on any atom is -0.321 e. The van der Waals surface area contributed by atoms with E-state index in [1.165, 1.54) is 0 Å². The molecule has 0 saturated carbocycles. The van der Waals surface area contributed by atoms with Gasteiger partial charge >= 0.3 is 0 Å². The number of hydrazine groups is 1. The Morgan fingerprint density at radius 2 is 2.50 bits per heavy atom. The van der Waals surface area contributed by atoms with E-state index in [1.54, 1.807) is 4.68 Å². The van der Waals surface area contributed by atoms with Gasteiger partial charge in [-0.3, -0.25) is 10.5 Å². The Bertz CT molecular complexity index is 194. The molecule has 10 heavy (non-hydrogen) atoms. The van der Waals surface area contributed by atoms with Gasteiger partial charge in [0.05, 0.1) is 11.4 Å². The topological polar surface area (TPSA) is 55.9 Å². The maximum absolute atomic E-state index is 5.24. The highest BCUT2D eigenvalue weighted by molar-refractivity contribution is 5.44. The fraction of sp³-hybridized carbons (Fsp3) is 0.500. The molecule has 4 nitrogen and oxygen atoms in total. The van der Waals surface area contributed by atoms with Crippen LogP contribution in [-0.4, -0.2) is 9.78 Å². The van der Waals surface area contributed by atoms with E-state index in [-0.39, 0.29) is 0 Å². The molecule has 3 N–H and O–H groups in total. The number of hydrogen-bond donors (Lipinski definition) is 2. The second kappa shape index (κ2) is 2.70. The van der Waals surface area contributed by atoms with E-state index in [4.69, 9.17) is 5.84 Å². The van der Waals surface area contributed by atoms with Gasteiger partial charge in [-0.2, -0.15) is 5.10 Å². The fourth-order valence-corrected chi connectivity index (χ4v) is 0.916. The van der Waals surface area contributed by atoms with E-state index in [9.17, 15) is 0 Å². The maximum atomic E-state index is 5.24. The van der Waals surface area contributed by atoms with Crippen molar-refractivity contribution in [1.82, 2.24) is 9.78 Å². The number of nitrogens with zero attached hydrogens (tertiary/aromatic N) is 2. The highest BCUT2D eigenvalue weighted by Crippen LogP contribution is 2.10. The molecule has 0 saturated heterocycles. The number of nitrogens with two attached hydrogens (primary N) is 1. The lowest BCUT2D eigenvalue weighted by Crippen LogP contribution is -2.07. The van der Waals surface area contributed by atoms with Crippen molar-refractivity contribution in [2.75, 3.05) is 5.43 Å². The Labute approximate surface area is 60.0 Å². The van der Waals surface area contributed by atoms with Crippen molar-refractivity contribution in [1.29, 1.82) is 0 Å². The molecule has 0 aromatic carbocycles. The Balaban J connectivity index is 2.96. The summed E-state index contributed by atoms with van der Waals surface area (Å²) in [6, 6.07) is 0. The molecule has 0 unspecified atom stereocenters. The standard InChI is InChI=1S/C6H12N4/c1-3-5-6(8-7)4-10(2)9-5/h4,8H,3,7H2,1-2H3. The largest absolute Gasteiger partial charge is 0.321 e. The predicted molar refractivity (Wildman–Crippen MR) is 40.4 cm³/mol. The average Bonchev–Trinajstić information content (AvgIpc) is 2.30. The molecule has 0 radical (unpaired) electrons. The van der Waals surface area contributed by atoms with Crippen molar-refractivity contribution < 1.29 is 0 Å². The number of nitrogen functional groups attached to an aromatic ring is 1. The molecular formula is C6H12N4. The lowest BCUT2D eigenvalue weighted by molar-refractivity contribution is 0.746. The van der Waals surface area contributed by atoms with Crippen molar-refractivity contribution in [2.24, 2.45) is 12.9 Å². The Kier molecular flexibility index (Phi) is 1.91. The van der Waals surface area contributed by atoms with Crippen LogP contribution in [-0.2, 0) is 13.5 Å². The first-order valence-electron chi connectivity index (χ1n) is 3.27. The van der Waals surface area contributed by atoms with Gasteiger partial charge in [-0.05, 0) is 6.42 Å². The molecule has 56 valence electrons. The molecule has 0 aliphatic carbocycles. The van der Waals surface area contributed by atoms with Gasteiger partial charge in [0, 0.05) is 13.2 Å². The van der Waals surface area contributed by atoms with Gasteiger partial charge in [0.2, 0.25) is 0 Å². The SMILES string of the molecule is CCc1nn(C)cc1NN. The van der Waals surface area contributed by atoms with Crippen molar-refractivity contribution in [2.45, 2.75) is 13.3 Å². The zero-order chi connectivity index (χ0) is 7.56. The highest BCUT2D eigenvalue weighted by Gasteiger charge is 2.01. The van der Waals surface area contributed by atoms with E-state index >= 15 is 0 Å². The van der Waals surface area contributed by atoms with Gasteiger partial charge in [0.15, 0.2) is 0 Å². The quantitative estimate of drug-likeness (QED) is 0.458. The minimum atomic E-state index is 0.903. The molecule has 1 aromatic heterocycles. The molecule has 0 amide bonds. The van der Waals surface area contributed by atoms with Gasteiger partial charge in [0.25, 0.3) is 0 Å². The van der Waals surface area contributed by atoms with E-state index in [2.05, 4.69) is 10.5 Å². The monoisotopic (exact) mass is 140 g/mol. The van der Waals surface area contributed by atoms with Crippen LogP contribution < -0.4 is 11.3 Å². The first-order chi connectivity index (χ1) is 4.77. The van der Waals surface area contributed by atoms with E-state index in [1.807, 2.05) is 20.2 Å². The van der Waals surface area contributed by atoms with Crippen LogP contribution in [0.1, 0.15) is 12.6 Å². The molecular weight excluding hydrogens is 128 g/mol. The van der Waals surface area contributed by atoms with Crippen molar-refractivity contribution in [3.8, 4) is 0 Å². The molecule has 0 aliphatic rings. The van der Waals surface area contributed by atoms with Crippen LogP contribution in [0.15, 0.2) is 6.20 Å². The fourth-order valence-electron chi connectivity index (χ4n) is 0.916. The summed E-state index contributed by atoms with van der Waals surface area (Å²) in [7, 11) is 1.88. The molecule has 1 rings (SSSR count). The summed E-state index contributed by atoms with van der Waals surface area (Å²) in [6.45, 7) is 2.04. The van der Waals surface area contributed by atoms with Crippen LogP contribution in [0, 0.1) is 0 Å². The smallest absolute Gasteiger partial charge is 0.0900 e. The van der Waals surface area contributed by atoms with E-state index in [0.717, 1.165) is 17.8 Å². The lowest BCUT2D eigenvalue weighted by Gasteiger charge is -1.94. The molecule has 0 bridgehead atoms. The van der Waals surface area contributed by atoms with E-state index < -0.39 is 0 Å². The summed E-state index contributed by atoms with van der Waals surface area (Å²) in [5.74, 6) is 5.24. The summed E-state index contributed by atoms with van der Waals surface area (Å²) >= 11 is 0. The van der Waals surface area contributed by atoms with E-state index in [0.29, 0.717) is 0 Å². The van der Waals surface area contributed by atoms with Gasteiger partial charge in [-0.1, -0.05) is 6.92 Å². The van der Waals surface area contributed by atoms with Crippen LogP contribution in [0.3, 0.4) is 0 Å². The lowest BCUT2D eigenvalue weighted by atomic mass is 10.3. The van der Waals surface area contributed by atoms with Crippen LogP contribution in [0.25, 0.3) is 0 Å². The third kappa shape index (κ3) is 1.11. The van der Waals surface area contributed by atoms with Crippen LogP contribution in [0.2, 0.25) is 0 Å². The summed E-state index contributed by atoms with van der Waals surface area (Å²) in [6.07, 6.45) is 2.76. The van der Waals surface area contributed by atoms with Crippen LogP contribution in [0.4, 0.5) is 5.69 Å². The number of aromatic nitrogens is 2. The predicted octanol–water partition coefficient (Wildman–Crippen LogP) is 0.268. The number of hydrogen-bond acceptors (Lipinski definition) is 3. The average molecular weight is 140 g/mol. The summed E-state index contributed by atoms with van der Waals surface area (Å²) < 4.78 is 1.74. The number of rotatable bonds is 2. The number of aryl methyl sites for hydroxylation is 2. The summed E-state index contributed by atoms with van der Waals surface area (Å²) in [4.78, 5) is 0. The Morgan fingerprint density at radius 1 is 1.80 bits per heavy atom. The maximum Gasteiger partial charge on any atom is 0.0900 e. The number of anilines is 1. The molecule has 1 heterocycles. The molecule has 0 spiro atoms. The molecule has 0 fully saturated rings. The van der Waals surface area contributed by atoms with Crippen LogP contribution >= 0.6 is 0 Å². The molecule has 0 aliphatic heterocycles. The van der Waals surface area contributed by atoms with Gasteiger partial charge in [0.1, 0.15) is 0 Å². The zero-order valence-corrected chi connectivity index (χ0v) is 6.26. The summed E-state index contributed by atoms with van der Waals surface area (Å²) in [5.41, 5.74) is 4.50. The molecule has 4 heteroatoms. The van der Waals surface area contributed by atoms with Crippen molar-refractivity contribution in [3.63, 3.8) is 0 Å². The molecule has 0 atom stereocenters. The highest BCUT2D eigenvalue weighted by atomic mass is 15.3. The normalized spacial score (nSPS) is 9.90. The second-order valence-electron chi connectivity index (χ2n) is 2.16. The van der Waals surface area contributed by atoms with Gasteiger partial charge in [-0.25, -0.2) is 0 Å². The first kappa shape index (κ1) is 7.08. The van der Waals surface area contributed by atoms with Crippen molar-refractivity contribution >= 4 is 5.69 Å². The third-order valence-electron chi connectivity index (χ3n) is 1.40. The van der Waals surface area contributed by atoms with Gasteiger partial charge in [-0.15, -0.1) is 0 Å². The zero-order valence-electron chi connectivity index (χ0n) is 6.26. The van der Waals surface area contributed by atoms with Crippen LogP contribution in [0.5, 0.6) is 0 Å². The summed E-state index contributed by atoms with van der Waals surface area (Å²) in [5, 5.41) is 4.17. The Hall–Kier alpha value is -1.03.